The summed E-state index contributed by atoms with van der Waals surface area (Å²) in [5.41, 5.74) is 0.609. The van der Waals surface area contributed by atoms with Gasteiger partial charge in [0.2, 0.25) is 5.28 Å². The van der Waals surface area contributed by atoms with Crippen LogP contribution in [-0.2, 0) is 0 Å². The molecule has 15 heavy (non-hydrogen) atoms. The predicted octanol–water partition coefficient (Wildman–Crippen LogP) is 2.33. The van der Waals surface area contributed by atoms with Crippen LogP contribution < -0.4 is 5.32 Å². The lowest BCUT2D eigenvalue weighted by Gasteiger charge is -2.04. The molecular weight excluding hydrogens is 281 g/mol. The van der Waals surface area contributed by atoms with E-state index >= 15 is 0 Å². The van der Waals surface area contributed by atoms with E-state index in [2.05, 4.69) is 48.0 Å². The van der Waals surface area contributed by atoms with E-state index in [4.69, 9.17) is 11.6 Å². The Kier molecular flexibility index (Phi) is 2.88. The lowest BCUT2D eigenvalue weighted by molar-refractivity contribution is 1.09. The third-order valence-electron chi connectivity index (χ3n) is 1.73. The first-order valence-corrected chi connectivity index (χ1v) is 5.27. The zero-order valence-corrected chi connectivity index (χ0v) is 9.93. The third-order valence-corrected chi connectivity index (χ3v) is 2.18. The average Bonchev–Trinajstić information content (AvgIpc) is 2.61. The summed E-state index contributed by atoms with van der Waals surface area (Å²) in [5, 5.41) is 10.6. The van der Waals surface area contributed by atoms with Crippen molar-refractivity contribution >= 4 is 44.4 Å². The second kappa shape index (κ2) is 4.16. The third kappa shape index (κ3) is 2.27. The second-order valence-electron chi connectivity index (χ2n) is 2.84. The predicted molar refractivity (Wildman–Crippen MR) is 63.3 cm³/mol. The molecular formula is C8H7BrClN5. The highest BCUT2D eigenvalue weighted by atomic mass is 79.9. The molecule has 78 valence electrons. The molecule has 0 aliphatic rings. The van der Waals surface area contributed by atoms with Crippen molar-refractivity contribution in [3.8, 4) is 0 Å². The van der Waals surface area contributed by atoms with Crippen molar-refractivity contribution < 1.29 is 0 Å². The Morgan fingerprint density at radius 1 is 1.60 bits per heavy atom. The van der Waals surface area contributed by atoms with Crippen molar-refractivity contribution in [1.82, 2.24) is 20.2 Å². The topological polar surface area (TPSA) is 66.5 Å². The van der Waals surface area contributed by atoms with Crippen LogP contribution in [0.15, 0.2) is 17.3 Å². The van der Waals surface area contributed by atoms with Crippen LogP contribution in [0.2, 0.25) is 5.28 Å². The van der Waals surface area contributed by atoms with Crippen LogP contribution in [0.4, 0.5) is 5.82 Å². The summed E-state index contributed by atoms with van der Waals surface area (Å²) in [7, 11) is 0. The number of fused-ring (bicyclic) bond motifs is 1. The van der Waals surface area contributed by atoms with Gasteiger partial charge in [-0.25, -0.2) is 0 Å². The molecule has 0 aromatic carbocycles. The molecule has 2 aromatic rings. The van der Waals surface area contributed by atoms with Gasteiger partial charge in [-0.3, -0.25) is 5.10 Å². The summed E-state index contributed by atoms with van der Waals surface area (Å²) in [5.74, 6) is 0.638. The molecule has 2 N–H and O–H groups in total. The Morgan fingerprint density at radius 2 is 2.40 bits per heavy atom. The Hall–Kier alpha value is -1.14. The fourth-order valence-corrected chi connectivity index (χ4v) is 1.43. The highest BCUT2D eigenvalue weighted by molar-refractivity contribution is 9.11. The first-order chi connectivity index (χ1) is 7.16. The van der Waals surface area contributed by atoms with Gasteiger partial charge in [0, 0.05) is 11.0 Å². The maximum absolute atomic E-state index is 5.75. The fourth-order valence-electron chi connectivity index (χ4n) is 1.12. The Bertz CT molecular complexity index is 509. The summed E-state index contributed by atoms with van der Waals surface area (Å²) >= 11 is 9.00. The molecule has 0 aliphatic carbocycles. The average molecular weight is 289 g/mol. The monoisotopic (exact) mass is 287 g/mol. The summed E-state index contributed by atoms with van der Waals surface area (Å²) < 4.78 is 0.828. The van der Waals surface area contributed by atoms with Gasteiger partial charge in [-0.15, -0.1) is 0 Å². The van der Waals surface area contributed by atoms with Gasteiger partial charge in [0.05, 0.1) is 11.6 Å². The van der Waals surface area contributed by atoms with Gasteiger partial charge >= 0.3 is 0 Å². The number of hydrogen-bond acceptors (Lipinski definition) is 4. The number of nitrogens with one attached hydrogen (secondary N) is 2. The zero-order valence-electron chi connectivity index (χ0n) is 7.59. The molecule has 0 atom stereocenters. The number of rotatable bonds is 3. The maximum atomic E-state index is 5.75. The van der Waals surface area contributed by atoms with E-state index in [-0.39, 0.29) is 5.28 Å². The van der Waals surface area contributed by atoms with Crippen LogP contribution in [0.1, 0.15) is 0 Å². The van der Waals surface area contributed by atoms with E-state index in [9.17, 15) is 0 Å². The van der Waals surface area contributed by atoms with Crippen LogP contribution in [0.25, 0.3) is 11.0 Å². The number of nitrogens with zero attached hydrogens (tertiary/aromatic N) is 3. The van der Waals surface area contributed by atoms with E-state index in [0.29, 0.717) is 18.0 Å². The smallest absolute Gasteiger partial charge is 0.226 e. The second-order valence-corrected chi connectivity index (χ2v) is 4.30. The van der Waals surface area contributed by atoms with Crippen LogP contribution in [0.3, 0.4) is 0 Å². The number of aromatic amines is 1. The number of anilines is 1. The number of aromatic nitrogens is 4. The van der Waals surface area contributed by atoms with E-state index in [1.165, 1.54) is 0 Å². The van der Waals surface area contributed by atoms with E-state index in [1.807, 2.05) is 0 Å². The Labute approximate surface area is 99.1 Å². The Balaban J connectivity index is 2.39. The summed E-state index contributed by atoms with van der Waals surface area (Å²) in [6, 6.07) is 0. The van der Waals surface area contributed by atoms with Crippen molar-refractivity contribution in [2.24, 2.45) is 0 Å². The summed E-state index contributed by atoms with van der Waals surface area (Å²) in [6.45, 7) is 4.28. The Morgan fingerprint density at radius 3 is 3.13 bits per heavy atom. The molecule has 2 heterocycles. The maximum Gasteiger partial charge on any atom is 0.226 e. The minimum absolute atomic E-state index is 0.175. The fraction of sp³-hybridized carbons (Fsp3) is 0.125. The molecule has 0 saturated heterocycles. The quantitative estimate of drug-likeness (QED) is 0.851. The van der Waals surface area contributed by atoms with Crippen molar-refractivity contribution in [3.05, 3.63) is 22.5 Å². The molecule has 0 fully saturated rings. The van der Waals surface area contributed by atoms with Crippen molar-refractivity contribution in [2.75, 3.05) is 11.9 Å². The molecule has 2 aromatic heterocycles. The number of halogens is 2. The van der Waals surface area contributed by atoms with Crippen molar-refractivity contribution in [3.63, 3.8) is 0 Å². The van der Waals surface area contributed by atoms with Crippen molar-refractivity contribution in [2.45, 2.75) is 0 Å². The molecule has 0 unspecified atom stereocenters. The van der Waals surface area contributed by atoms with E-state index in [0.717, 1.165) is 9.87 Å². The van der Waals surface area contributed by atoms with E-state index < -0.39 is 0 Å². The number of hydrogen-bond donors (Lipinski definition) is 2. The molecule has 0 bridgehead atoms. The van der Waals surface area contributed by atoms with Crippen LogP contribution in [0, 0.1) is 0 Å². The molecule has 7 heteroatoms. The molecule has 0 aliphatic heterocycles. The van der Waals surface area contributed by atoms with Gasteiger partial charge in [0.25, 0.3) is 0 Å². The van der Waals surface area contributed by atoms with Crippen LogP contribution in [-0.4, -0.2) is 26.7 Å². The molecule has 0 saturated carbocycles. The zero-order chi connectivity index (χ0) is 10.8. The summed E-state index contributed by atoms with van der Waals surface area (Å²) in [6.07, 6.45) is 1.64. The molecule has 0 radical (unpaired) electrons. The first kappa shape index (κ1) is 10.4. The standard InChI is InChI=1S/C8H7BrClN5/c1-4(9)2-11-6-5-3-12-15-7(5)14-8(10)13-6/h3H,1-2H2,(H2,11,12,13,14,15). The SMILES string of the molecule is C=C(Br)CNc1nc(Cl)nc2[nH]ncc12. The lowest BCUT2D eigenvalue weighted by Crippen LogP contribution is -2.03. The van der Waals surface area contributed by atoms with Gasteiger partial charge in [-0.2, -0.15) is 15.1 Å². The molecule has 5 nitrogen and oxygen atoms in total. The molecule has 2 rings (SSSR count). The van der Waals surface area contributed by atoms with Gasteiger partial charge in [0.15, 0.2) is 5.65 Å². The lowest BCUT2D eigenvalue weighted by atomic mass is 10.4. The van der Waals surface area contributed by atoms with Gasteiger partial charge < -0.3 is 5.32 Å². The van der Waals surface area contributed by atoms with Crippen LogP contribution >= 0.6 is 27.5 Å². The van der Waals surface area contributed by atoms with Gasteiger partial charge in [0.1, 0.15) is 5.82 Å². The minimum Gasteiger partial charge on any atom is -0.365 e. The van der Waals surface area contributed by atoms with E-state index in [1.54, 1.807) is 6.20 Å². The van der Waals surface area contributed by atoms with Crippen LogP contribution in [0.5, 0.6) is 0 Å². The van der Waals surface area contributed by atoms with Gasteiger partial charge in [-0.05, 0) is 11.6 Å². The van der Waals surface area contributed by atoms with Crippen molar-refractivity contribution in [1.29, 1.82) is 0 Å². The minimum atomic E-state index is 0.175. The highest BCUT2D eigenvalue weighted by Gasteiger charge is 2.07. The summed E-state index contributed by atoms with van der Waals surface area (Å²) in [4.78, 5) is 8.05. The normalized spacial score (nSPS) is 10.5. The largest absolute Gasteiger partial charge is 0.365 e. The molecule has 0 amide bonds. The molecule has 0 spiro atoms. The number of H-pyrrole nitrogens is 1. The van der Waals surface area contributed by atoms with Gasteiger partial charge in [-0.1, -0.05) is 22.5 Å². The highest BCUT2D eigenvalue weighted by Crippen LogP contribution is 2.20. The first-order valence-electron chi connectivity index (χ1n) is 4.10.